The van der Waals surface area contributed by atoms with E-state index < -0.39 is 12.0 Å². The van der Waals surface area contributed by atoms with E-state index in [1.54, 1.807) is 0 Å². The van der Waals surface area contributed by atoms with Gasteiger partial charge in [-0.1, -0.05) is 30.3 Å². The van der Waals surface area contributed by atoms with Crippen molar-refractivity contribution in [2.45, 2.75) is 12.5 Å². The summed E-state index contributed by atoms with van der Waals surface area (Å²) in [6.07, 6.45) is 0.868. The van der Waals surface area contributed by atoms with Gasteiger partial charge in [0.1, 0.15) is 6.04 Å². The third-order valence-electron chi connectivity index (χ3n) is 3.29. The summed E-state index contributed by atoms with van der Waals surface area (Å²) >= 11 is 0. The second-order valence-corrected chi connectivity index (χ2v) is 4.48. The molecule has 4 heteroatoms. The second-order valence-electron chi connectivity index (χ2n) is 4.48. The van der Waals surface area contributed by atoms with Gasteiger partial charge in [0, 0.05) is 13.2 Å². The van der Waals surface area contributed by atoms with Crippen molar-refractivity contribution >= 4 is 5.97 Å². The molecule has 1 fully saturated rings. The van der Waals surface area contributed by atoms with Gasteiger partial charge in [0.05, 0.1) is 0 Å². The SMILES string of the molecule is O=C(O)C(c1ccccc1)N1CCC(CO)C1. The molecule has 0 amide bonds. The van der Waals surface area contributed by atoms with Crippen LogP contribution in [0.2, 0.25) is 0 Å². The molecule has 0 saturated carbocycles. The highest BCUT2D eigenvalue weighted by Crippen LogP contribution is 2.27. The Kier molecular flexibility index (Phi) is 3.76. The lowest BCUT2D eigenvalue weighted by molar-refractivity contribution is -0.143. The van der Waals surface area contributed by atoms with Gasteiger partial charge in [0.2, 0.25) is 0 Å². The van der Waals surface area contributed by atoms with Crippen molar-refractivity contribution in [3.8, 4) is 0 Å². The number of hydrogen-bond acceptors (Lipinski definition) is 3. The van der Waals surface area contributed by atoms with Gasteiger partial charge in [-0.05, 0) is 24.4 Å². The molecule has 92 valence electrons. The van der Waals surface area contributed by atoms with E-state index in [2.05, 4.69) is 0 Å². The highest BCUT2D eigenvalue weighted by molar-refractivity contribution is 5.75. The lowest BCUT2D eigenvalue weighted by atomic mass is 10.1. The van der Waals surface area contributed by atoms with Crippen LogP contribution in [0.4, 0.5) is 0 Å². The topological polar surface area (TPSA) is 60.8 Å². The molecule has 2 unspecified atom stereocenters. The quantitative estimate of drug-likeness (QED) is 0.821. The van der Waals surface area contributed by atoms with Crippen molar-refractivity contribution in [1.82, 2.24) is 4.90 Å². The van der Waals surface area contributed by atoms with Crippen molar-refractivity contribution < 1.29 is 15.0 Å². The number of aliphatic hydroxyl groups excluding tert-OH is 1. The summed E-state index contributed by atoms with van der Waals surface area (Å²) in [6, 6.07) is 8.67. The maximum Gasteiger partial charge on any atom is 0.325 e. The largest absolute Gasteiger partial charge is 0.480 e. The number of carboxylic acids is 1. The smallest absolute Gasteiger partial charge is 0.325 e. The Morgan fingerprint density at radius 3 is 2.65 bits per heavy atom. The Bertz CT molecular complexity index is 380. The summed E-state index contributed by atoms with van der Waals surface area (Å²) < 4.78 is 0. The first-order valence-corrected chi connectivity index (χ1v) is 5.85. The van der Waals surface area contributed by atoms with Crippen molar-refractivity contribution in [1.29, 1.82) is 0 Å². The van der Waals surface area contributed by atoms with Crippen LogP contribution in [0.25, 0.3) is 0 Å². The molecule has 17 heavy (non-hydrogen) atoms. The van der Waals surface area contributed by atoms with E-state index >= 15 is 0 Å². The molecule has 2 atom stereocenters. The third kappa shape index (κ3) is 2.65. The summed E-state index contributed by atoms with van der Waals surface area (Å²) in [5.41, 5.74) is 0.804. The van der Waals surface area contributed by atoms with Gasteiger partial charge in [-0.15, -0.1) is 0 Å². The van der Waals surface area contributed by atoms with Crippen LogP contribution in [0.15, 0.2) is 30.3 Å². The number of rotatable bonds is 4. The highest BCUT2D eigenvalue weighted by Gasteiger charge is 2.32. The first kappa shape index (κ1) is 12.1. The van der Waals surface area contributed by atoms with Crippen LogP contribution < -0.4 is 0 Å². The number of carboxylic acid groups (broad SMARTS) is 1. The number of nitrogens with zero attached hydrogens (tertiary/aromatic N) is 1. The molecule has 1 aliphatic rings. The first-order chi connectivity index (χ1) is 8.22. The molecule has 0 aromatic heterocycles. The van der Waals surface area contributed by atoms with Crippen LogP contribution >= 0.6 is 0 Å². The molecule has 1 aliphatic heterocycles. The molecule has 1 aromatic carbocycles. The number of hydrogen-bond donors (Lipinski definition) is 2. The Morgan fingerprint density at radius 1 is 1.41 bits per heavy atom. The Balaban J connectivity index is 2.17. The van der Waals surface area contributed by atoms with E-state index in [-0.39, 0.29) is 12.5 Å². The van der Waals surface area contributed by atoms with E-state index in [1.165, 1.54) is 0 Å². The van der Waals surface area contributed by atoms with Gasteiger partial charge in [-0.2, -0.15) is 0 Å². The van der Waals surface area contributed by atoms with Crippen LogP contribution in [0.3, 0.4) is 0 Å². The molecule has 2 rings (SSSR count). The number of benzene rings is 1. The van der Waals surface area contributed by atoms with Crippen molar-refractivity contribution in [3.05, 3.63) is 35.9 Å². The molecule has 1 heterocycles. The lowest BCUT2D eigenvalue weighted by Gasteiger charge is -2.24. The zero-order valence-corrected chi connectivity index (χ0v) is 9.62. The Morgan fingerprint density at radius 2 is 2.12 bits per heavy atom. The minimum absolute atomic E-state index is 0.137. The maximum atomic E-state index is 11.4. The third-order valence-corrected chi connectivity index (χ3v) is 3.29. The molecular weight excluding hydrogens is 218 g/mol. The van der Waals surface area contributed by atoms with Crippen molar-refractivity contribution in [2.24, 2.45) is 5.92 Å². The molecule has 0 bridgehead atoms. The van der Waals surface area contributed by atoms with Gasteiger partial charge >= 0.3 is 5.97 Å². The Labute approximate surface area is 100 Å². The van der Waals surface area contributed by atoms with E-state index in [4.69, 9.17) is 5.11 Å². The molecule has 2 N–H and O–H groups in total. The molecule has 1 saturated heterocycles. The van der Waals surface area contributed by atoms with Crippen LogP contribution in [-0.4, -0.2) is 40.8 Å². The monoisotopic (exact) mass is 235 g/mol. The first-order valence-electron chi connectivity index (χ1n) is 5.85. The fraction of sp³-hybridized carbons (Fsp3) is 0.462. The fourth-order valence-electron chi connectivity index (χ4n) is 2.39. The summed E-state index contributed by atoms with van der Waals surface area (Å²) in [5.74, 6) is -0.615. The summed E-state index contributed by atoms with van der Waals surface area (Å²) in [4.78, 5) is 13.3. The summed E-state index contributed by atoms with van der Waals surface area (Å²) in [7, 11) is 0. The number of carbonyl (C=O) groups is 1. The van der Waals surface area contributed by atoms with Gasteiger partial charge in [-0.25, -0.2) is 0 Å². The minimum atomic E-state index is -0.824. The maximum absolute atomic E-state index is 11.4. The second kappa shape index (κ2) is 5.29. The molecule has 1 aromatic rings. The van der Waals surface area contributed by atoms with Crippen LogP contribution in [0.1, 0.15) is 18.0 Å². The van der Waals surface area contributed by atoms with Crippen LogP contribution in [0, 0.1) is 5.92 Å². The molecule has 0 aliphatic carbocycles. The molecule has 0 radical (unpaired) electrons. The average Bonchev–Trinajstić information content (AvgIpc) is 2.79. The normalized spacial score (nSPS) is 22.5. The van der Waals surface area contributed by atoms with E-state index in [0.29, 0.717) is 6.54 Å². The molecular formula is C13H17NO3. The van der Waals surface area contributed by atoms with Gasteiger partial charge in [-0.3, -0.25) is 9.69 Å². The molecule has 4 nitrogen and oxygen atoms in total. The average molecular weight is 235 g/mol. The van der Waals surface area contributed by atoms with Crippen molar-refractivity contribution in [3.63, 3.8) is 0 Å². The summed E-state index contributed by atoms with van der Waals surface area (Å²) in [6.45, 7) is 1.52. The standard InChI is InChI=1S/C13H17NO3/c15-9-10-6-7-14(8-10)12(13(16)17)11-4-2-1-3-5-11/h1-5,10,12,15H,6-9H2,(H,16,17). The van der Waals surface area contributed by atoms with Crippen LogP contribution in [0.5, 0.6) is 0 Å². The van der Waals surface area contributed by atoms with Crippen LogP contribution in [-0.2, 0) is 4.79 Å². The zero-order valence-electron chi connectivity index (χ0n) is 9.62. The Hall–Kier alpha value is -1.39. The fourth-order valence-corrected chi connectivity index (χ4v) is 2.39. The van der Waals surface area contributed by atoms with Crippen molar-refractivity contribution in [2.75, 3.05) is 19.7 Å². The molecule has 0 spiro atoms. The predicted octanol–water partition coefficient (Wildman–Crippen LogP) is 1.13. The van der Waals surface area contributed by atoms with Gasteiger partial charge < -0.3 is 10.2 Å². The number of aliphatic carboxylic acids is 1. The van der Waals surface area contributed by atoms with Gasteiger partial charge in [0.25, 0.3) is 0 Å². The van der Waals surface area contributed by atoms with E-state index in [9.17, 15) is 9.90 Å². The summed E-state index contributed by atoms with van der Waals surface area (Å²) in [5, 5.41) is 18.4. The van der Waals surface area contributed by atoms with E-state index in [0.717, 1.165) is 18.5 Å². The number of aliphatic hydroxyl groups is 1. The van der Waals surface area contributed by atoms with E-state index in [1.807, 2.05) is 35.2 Å². The highest BCUT2D eigenvalue weighted by atomic mass is 16.4. The predicted molar refractivity (Wildman–Crippen MR) is 63.6 cm³/mol. The number of likely N-dealkylation sites (tertiary alicyclic amines) is 1. The van der Waals surface area contributed by atoms with Gasteiger partial charge in [0.15, 0.2) is 0 Å². The lowest BCUT2D eigenvalue weighted by Crippen LogP contribution is -2.32. The zero-order chi connectivity index (χ0) is 12.3. The minimum Gasteiger partial charge on any atom is -0.480 e.